The fourth-order valence-electron chi connectivity index (χ4n) is 4.93. The Balaban J connectivity index is 1.48. The van der Waals surface area contributed by atoms with E-state index in [1.165, 1.54) is 0 Å². The summed E-state index contributed by atoms with van der Waals surface area (Å²) in [6, 6.07) is 5.14. The summed E-state index contributed by atoms with van der Waals surface area (Å²) in [6.07, 6.45) is 1.99. The van der Waals surface area contributed by atoms with E-state index in [1.54, 1.807) is 23.1 Å². The van der Waals surface area contributed by atoms with Crippen molar-refractivity contribution in [3.05, 3.63) is 23.8 Å². The van der Waals surface area contributed by atoms with Gasteiger partial charge in [0, 0.05) is 25.2 Å². The minimum atomic E-state index is -1.08. The summed E-state index contributed by atoms with van der Waals surface area (Å²) in [7, 11) is 2.06. The van der Waals surface area contributed by atoms with Crippen molar-refractivity contribution in [2.24, 2.45) is 5.41 Å². The second-order valence-electron chi connectivity index (χ2n) is 9.53. The molecule has 0 aliphatic carbocycles. The number of carbonyl (C=O) groups excluding carboxylic acids is 2. The lowest BCUT2D eigenvalue weighted by molar-refractivity contribution is -0.135. The fraction of sp³-hybridized carbons (Fsp3) is 0.667. The lowest BCUT2D eigenvalue weighted by atomic mass is 9.73. The molecular weight excluding hydrogens is 426 g/mol. The summed E-state index contributed by atoms with van der Waals surface area (Å²) >= 11 is 0. The molecule has 0 bridgehead atoms. The highest BCUT2D eigenvalue weighted by molar-refractivity contribution is 5.95. The van der Waals surface area contributed by atoms with Crippen molar-refractivity contribution in [1.82, 2.24) is 15.1 Å². The third-order valence-electron chi connectivity index (χ3n) is 7.28. The number of hydrogen-bond donors (Lipinski definition) is 3. The SMILES string of the molecule is CN1CCC2(CCCCN(C(=O)c3ccc4c(c3)OCO4)CC[C@H](O)[C@H](O)CNC2=O)CC1. The highest BCUT2D eigenvalue weighted by atomic mass is 16.7. The molecule has 3 aliphatic rings. The van der Waals surface area contributed by atoms with Crippen LogP contribution in [0.25, 0.3) is 0 Å². The molecule has 0 saturated carbocycles. The summed E-state index contributed by atoms with van der Waals surface area (Å²) in [5.74, 6) is 0.994. The first kappa shape index (κ1) is 23.8. The van der Waals surface area contributed by atoms with E-state index >= 15 is 0 Å². The maximum atomic E-state index is 13.3. The zero-order valence-corrected chi connectivity index (χ0v) is 19.3. The molecule has 2 atom stereocenters. The van der Waals surface area contributed by atoms with Gasteiger partial charge in [-0.05, 0) is 70.4 Å². The predicted octanol–water partition coefficient (Wildman–Crippen LogP) is 0.982. The number of aliphatic hydroxyl groups excluding tert-OH is 2. The number of rotatable bonds is 1. The Morgan fingerprint density at radius 3 is 2.58 bits per heavy atom. The number of benzene rings is 1. The highest BCUT2D eigenvalue weighted by Crippen LogP contribution is 2.37. The topological polar surface area (TPSA) is 112 Å². The molecule has 3 N–H and O–H groups in total. The van der Waals surface area contributed by atoms with E-state index in [1.807, 2.05) is 0 Å². The first-order valence-electron chi connectivity index (χ1n) is 11.9. The third-order valence-corrected chi connectivity index (χ3v) is 7.28. The van der Waals surface area contributed by atoms with E-state index in [0.29, 0.717) is 30.2 Å². The third kappa shape index (κ3) is 5.42. The second-order valence-corrected chi connectivity index (χ2v) is 9.53. The van der Waals surface area contributed by atoms with E-state index in [2.05, 4.69) is 17.3 Å². The molecule has 3 heterocycles. The van der Waals surface area contributed by atoms with Crippen molar-refractivity contribution in [3.63, 3.8) is 0 Å². The summed E-state index contributed by atoms with van der Waals surface area (Å²) in [5.41, 5.74) is 0.0412. The van der Waals surface area contributed by atoms with Crippen LogP contribution in [0.3, 0.4) is 0 Å². The molecule has 0 unspecified atom stereocenters. The molecule has 3 aliphatic heterocycles. The second kappa shape index (κ2) is 10.3. The van der Waals surface area contributed by atoms with E-state index in [9.17, 15) is 19.8 Å². The van der Waals surface area contributed by atoms with Crippen LogP contribution >= 0.6 is 0 Å². The van der Waals surface area contributed by atoms with Gasteiger partial charge in [0.1, 0.15) is 0 Å². The van der Waals surface area contributed by atoms with Crippen LogP contribution in [0.15, 0.2) is 18.2 Å². The van der Waals surface area contributed by atoms with Crippen molar-refractivity contribution >= 4 is 11.8 Å². The largest absolute Gasteiger partial charge is 0.454 e. The molecule has 9 nitrogen and oxygen atoms in total. The summed E-state index contributed by atoms with van der Waals surface area (Å²) < 4.78 is 10.7. The number of nitrogens with one attached hydrogen (secondary N) is 1. The Hall–Kier alpha value is -2.36. The molecule has 0 aromatic heterocycles. The summed E-state index contributed by atoms with van der Waals surface area (Å²) in [5, 5.41) is 23.8. The average molecular weight is 462 g/mol. The molecule has 9 heteroatoms. The van der Waals surface area contributed by atoms with Crippen molar-refractivity contribution in [1.29, 1.82) is 0 Å². The molecule has 1 aromatic carbocycles. The molecule has 1 aromatic rings. The fourth-order valence-corrected chi connectivity index (χ4v) is 4.93. The Morgan fingerprint density at radius 2 is 1.79 bits per heavy atom. The monoisotopic (exact) mass is 461 g/mol. The van der Waals surface area contributed by atoms with Crippen LogP contribution in [0.4, 0.5) is 0 Å². The van der Waals surface area contributed by atoms with Gasteiger partial charge in [-0.2, -0.15) is 0 Å². The van der Waals surface area contributed by atoms with E-state index < -0.39 is 17.6 Å². The van der Waals surface area contributed by atoms with Crippen molar-refractivity contribution in [2.45, 2.75) is 50.7 Å². The van der Waals surface area contributed by atoms with E-state index in [0.717, 1.165) is 45.2 Å². The standard InChI is InChI=1S/C24H35N3O6/c1-26-12-8-24(9-13-26)7-2-3-10-27(11-6-18(28)19(29)15-25-23(24)31)22(30)17-4-5-20-21(14-17)33-16-32-20/h4-5,14,18-19,28-29H,2-3,6-13,15-16H2,1H3,(H,25,31)/t18-,19+/m0/s1. The number of aliphatic hydroxyl groups is 2. The molecule has 0 radical (unpaired) electrons. The van der Waals surface area contributed by atoms with Gasteiger partial charge >= 0.3 is 0 Å². The number of amides is 2. The molecule has 33 heavy (non-hydrogen) atoms. The van der Waals surface area contributed by atoms with Gasteiger partial charge in [0.25, 0.3) is 5.91 Å². The van der Waals surface area contributed by atoms with Crippen LogP contribution in [-0.4, -0.2) is 90.6 Å². The molecule has 1 spiro atoms. The molecular formula is C24H35N3O6. The first-order chi connectivity index (χ1) is 15.9. The predicted molar refractivity (Wildman–Crippen MR) is 121 cm³/mol. The number of carbonyl (C=O) groups is 2. The maximum absolute atomic E-state index is 13.3. The van der Waals surface area contributed by atoms with Crippen molar-refractivity contribution in [3.8, 4) is 11.5 Å². The number of β-amino-alcohol motifs (C(OH)–C–C–N with tert-alkyl or cyclic N) is 1. The van der Waals surface area contributed by atoms with E-state index in [4.69, 9.17) is 9.47 Å². The van der Waals surface area contributed by atoms with Crippen LogP contribution in [0.2, 0.25) is 0 Å². The summed E-state index contributed by atoms with van der Waals surface area (Å²) in [6.45, 7) is 2.70. The summed E-state index contributed by atoms with van der Waals surface area (Å²) in [4.78, 5) is 30.3. The molecule has 4 rings (SSSR count). The van der Waals surface area contributed by atoms with E-state index in [-0.39, 0.29) is 31.6 Å². The molecule has 2 saturated heterocycles. The number of piperidine rings is 1. The minimum absolute atomic E-state index is 0.00764. The quantitative estimate of drug-likeness (QED) is 0.572. The lowest BCUT2D eigenvalue weighted by Gasteiger charge is -2.39. The number of hydrogen-bond acceptors (Lipinski definition) is 7. The zero-order chi connectivity index (χ0) is 23.4. The van der Waals surface area contributed by atoms with Gasteiger partial charge in [0.15, 0.2) is 11.5 Å². The number of likely N-dealkylation sites (tertiary alicyclic amines) is 1. The number of nitrogens with zero attached hydrogens (tertiary/aromatic N) is 2. The number of fused-ring (bicyclic) bond motifs is 1. The Morgan fingerprint density at radius 1 is 1.03 bits per heavy atom. The Bertz CT molecular complexity index is 855. The lowest BCUT2D eigenvalue weighted by Crippen LogP contribution is -2.50. The van der Waals surface area contributed by atoms with Gasteiger partial charge < -0.3 is 34.8 Å². The van der Waals surface area contributed by atoms with Crippen molar-refractivity contribution in [2.75, 3.05) is 46.6 Å². The molecule has 2 amide bonds. The van der Waals surface area contributed by atoms with Crippen LogP contribution in [0, 0.1) is 5.41 Å². The van der Waals surface area contributed by atoms with Crippen LogP contribution in [0.1, 0.15) is 48.9 Å². The van der Waals surface area contributed by atoms with Gasteiger partial charge in [0.05, 0.1) is 17.6 Å². The number of ether oxygens (including phenoxy) is 2. The maximum Gasteiger partial charge on any atom is 0.253 e. The van der Waals surface area contributed by atoms with Gasteiger partial charge in [-0.3, -0.25) is 9.59 Å². The zero-order valence-electron chi connectivity index (χ0n) is 19.3. The van der Waals surface area contributed by atoms with Crippen LogP contribution in [0.5, 0.6) is 11.5 Å². The van der Waals surface area contributed by atoms with Gasteiger partial charge in [-0.25, -0.2) is 0 Å². The normalized spacial score (nSPS) is 26.8. The smallest absolute Gasteiger partial charge is 0.253 e. The average Bonchev–Trinajstić information content (AvgIpc) is 3.30. The van der Waals surface area contributed by atoms with Gasteiger partial charge in [-0.15, -0.1) is 0 Å². The van der Waals surface area contributed by atoms with Crippen LogP contribution in [-0.2, 0) is 4.79 Å². The molecule has 2 fully saturated rings. The van der Waals surface area contributed by atoms with Gasteiger partial charge in [-0.1, -0.05) is 6.42 Å². The Labute approximate surface area is 194 Å². The van der Waals surface area contributed by atoms with Gasteiger partial charge in [0.2, 0.25) is 12.7 Å². The Kier molecular flexibility index (Phi) is 7.41. The highest BCUT2D eigenvalue weighted by Gasteiger charge is 2.40. The minimum Gasteiger partial charge on any atom is -0.454 e. The molecule has 182 valence electrons. The van der Waals surface area contributed by atoms with Crippen molar-refractivity contribution < 1.29 is 29.3 Å². The first-order valence-corrected chi connectivity index (χ1v) is 11.9. The van der Waals surface area contributed by atoms with Crippen LogP contribution < -0.4 is 14.8 Å².